The number of thiophene rings is 1. The molecule has 25 heavy (non-hydrogen) atoms. The van der Waals surface area contributed by atoms with Gasteiger partial charge in [0.15, 0.2) is 17.5 Å². The number of guanidine groups is 1. The lowest BCUT2D eigenvalue weighted by molar-refractivity contribution is 0.353. The van der Waals surface area contributed by atoms with Crippen LogP contribution in [0.4, 0.5) is 0 Å². The fourth-order valence-corrected chi connectivity index (χ4v) is 3.16. The standard InChI is InChI=1S/C19H27N3O2S/c1-19(2,14-7-8-16(23-3)17(12-14)24-4)13-22-18(20)21-10-9-15-6-5-11-25-15/h5-8,11-12H,9-10,13H2,1-4H3,(H3,20,21,22). The van der Waals surface area contributed by atoms with Gasteiger partial charge < -0.3 is 20.5 Å². The van der Waals surface area contributed by atoms with Gasteiger partial charge in [0, 0.05) is 16.8 Å². The van der Waals surface area contributed by atoms with Gasteiger partial charge in [-0.1, -0.05) is 26.0 Å². The molecule has 0 fully saturated rings. The number of aliphatic imine (C=N–C) groups is 1. The van der Waals surface area contributed by atoms with E-state index in [9.17, 15) is 0 Å². The fourth-order valence-electron chi connectivity index (χ4n) is 2.46. The van der Waals surface area contributed by atoms with Crippen molar-refractivity contribution in [3.05, 3.63) is 46.2 Å². The normalized spacial score (nSPS) is 12.1. The Morgan fingerprint density at radius 1 is 1.20 bits per heavy atom. The molecule has 0 amide bonds. The van der Waals surface area contributed by atoms with Crippen LogP contribution >= 0.6 is 11.3 Å². The number of ether oxygens (including phenoxy) is 2. The van der Waals surface area contributed by atoms with E-state index < -0.39 is 0 Å². The second kappa shape index (κ2) is 8.76. The van der Waals surface area contributed by atoms with E-state index in [-0.39, 0.29) is 5.41 Å². The molecule has 0 aliphatic rings. The highest BCUT2D eigenvalue weighted by Gasteiger charge is 2.22. The van der Waals surface area contributed by atoms with Crippen molar-refractivity contribution < 1.29 is 9.47 Å². The molecule has 0 spiro atoms. The maximum absolute atomic E-state index is 6.00. The summed E-state index contributed by atoms with van der Waals surface area (Å²) in [5.74, 6) is 1.92. The monoisotopic (exact) mass is 361 g/mol. The Kier molecular flexibility index (Phi) is 6.70. The van der Waals surface area contributed by atoms with Crippen LogP contribution in [-0.4, -0.2) is 33.3 Å². The molecule has 2 rings (SSSR count). The summed E-state index contributed by atoms with van der Waals surface area (Å²) >= 11 is 1.75. The maximum atomic E-state index is 6.00. The zero-order chi connectivity index (χ0) is 18.3. The van der Waals surface area contributed by atoms with Crippen LogP contribution in [0.2, 0.25) is 0 Å². The second-order valence-electron chi connectivity index (χ2n) is 6.41. The highest BCUT2D eigenvalue weighted by atomic mass is 32.1. The third kappa shape index (κ3) is 5.39. The molecule has 0 saturated heterocycles. The number of hydrogen-bond acceptors (Lipinski definition) is 4. The Morgan fingerprint density at radius 3 is 2.60 bits per heavy atom. The summed E-state index contributed by atoms with van der Waals surface area (Å²) in [5.41, 5.74) is 6.96. The Balaban J connectivity index is 1.95. The van der Waals surface area contributed by atoms with Gasteiger partial charge in [-0.25, -0.2) is 0 Å². The molecular formula is C19H27N3O2S. The van der Waals surface area contributed by atoms with E-state index in [2.05, 4.69) is 41.7 Å². The summed E-state index contributed by atoms with van der Waals surface area (Å²) in [4.78, 5) is 5.84. The van der Waals surface area contributed by atoms with Crippen molar-refractivity contribution in [1.82, 2.24) is 5.32 Å². The third-order valence-corrected chi connectivity index (χ3v) is 5.00. The molecule has 0 saturated carbocycles. The summed E-state index contributed by atoms with van der Waals surface area (Å²) in [6.07, 6.45) is 0.951. The molecule has 0 aliphatic heterocycles. The lowest BCUT2D eigenvalue weighted by Crippen LogP contribution is -2.35. The first-order chi connectivity index (χ1) is 12.0. The highest BCUT2D eigenvalue weighted by Crippen LogP contribution is 2.33. The third-order valence-electron chi connectivity index (χ3n) is 4.07. The van der Waals surface area contributed by atoms with E-state index in [1.54, 1.807) is 25.6 Å². The van der Waals surface area contributed by atoms with Gasteiger partial charge in [-0.05, 0) is 35.6 Å². The molecule has 1 aromatic heterocycles. The number of nitrogens with one attached hydrogen (secondary N) is 1. The predicted octanol–water partition coefficient (Wildman–Crippen LogP) is 3.19. The van der Waals surface area contributed by atoms with Crippen molar-refractivity contribution in [2.75, 3.05) is 27.3 Å². The summed E-state index contributed by atoms with van der Waals surface area (Å²) in [6.45, 7) is 5.64. The molecule has 0 atom stereocenters. The molecule has 1 aromatic carbocycles. The molecule has 2 aromatic rings. The van der Waals surface area contributed by atoms with Gasteiger partial charge in [-0.15, -0.1) is 11.3 Å². The van der Waals surface area contributed by atoms with E-state index >= 15 is 0 Å². The number of hydrogen-bond donors (Lipinski definition) is 2. The molecule has 136 valence electrons. The van der Waals surface area contributed by atoms with Crippen molar-refractivity contribution >= 4 is 17.3 Å². The Hall–Kier alpha value is -2.21. The van der Waals surface area contributed by atoms with E-state index in [4.69, 9.17) is 15.2 Å². The minimum atomic E-state index is -0.167. The predicted molar refractivity (Wildman–Crippen MR) is 105 cm³/mol. The summed E-state index contributed by atoms with van der Waals surface area (Å²) < 4.78 is 10.7. The quantitative estimate of drug-likeness (QED) is 0.560. The van der Waals surface area contributed by atoms with Gasteiger partial charge in [0.25, 0.3) is 0 Å². The van der Waals surface area contributed by atoms with Gasteiger partial charge >= 0.3 is 0 Å². The molecule has 6 heteroatoms. The molecular weight excluding hydrogens is 334 g/mol. The van der Waals surface area contributed by atoms with Gasteiger partial charge in [0.05, 0.1) is 20.8 Å². The Morgan fingerprint density at radius 2 is 1.96 bits per heavy atom. The zero-order valence-electron chi connectivity index (χ0n) is 15.3. The van der Waals surface area contributed by atoms with Crippen LogP contribution in [0.5, 0.6) is 11.5 Å². The van der Waals surface area contributed by atoms with Crippen molar-refractivity contribution in [3.63, 3.8) is 0 Å². The SMILES string of the molecule is COc1ccc(C(C)(C)CN=C(N)NCCc2cccs2)cc1OC. The average molecular weight is 362 g/mol. The molecule has 5 nitrogen and oxygen atoms in total. The molecule has 0 radical (unpaired) electrons. The van der Waals surface area contributed by atoms with Crippen LogP contribution in [0.1, 0.15) is 24.3 Å². The summed E-state index contributed by atoms with van der Waals surface area (Å²) in [6, 6.07) is 10.1. The van der Waals surface area contributed by atoms with E-state index in [1.807, 2.05) is 18.2 Å². The van der Waals surface area contributed by atoms with Gasteiger partial charge in [-0.3, -0.25) is 4.99 Å². The first kappa shape index (κ1) is 19.1. The van der Waals surface area contributed by atoms with Crippen molar-refractivity contribution in [2.45, 2.75) is 25.7 Å². The van der Waals surface area contributed by atoms with E-state index in [1.165, 1.54) is 4.88 Å². The van der Waals surface area contributed by atoms with Crippen LogP contribution in [0.25, 0.3) is 0 Å². The number of nitrogens with two attached hydrogens (primary N) is 1. The zero-order valence-corrected chi connectivity index (χ0v) is 16.2. The first-order valence-electron chi connectivity index (χ1n) is 8.25. The van der Waals surface area contributed by atoms with Crippen LogP contribution in [0.15, 0.2) is 40.7 Å². The Labute approximate surface area is 153 Å². The molecule has 0 aliphatic carbocycles. The molecule has 0 unspecified atom stereocenters. The van der Waals surface area contributed by atoms with E-state index in [0.717, 1.165) is 30.0 Å². The molecule has 3 N–H and O–H groups in total. The fraction of sp³-hybridized carbons (Fsp3) is 0.421. The lowest BCUT2D eigenvalue weighted by atomic mass is 9.84. The van der Waals surface area contributed by atoms with Gasteiger partial charge in [-0.2, -0.15) is 0 Å². The number of benzene rings is 1. The summed E-state index contributed by atoms with van der Waals surface area (Å²) in [7, 11) is 3.28. The molecule has 0 bridgehead atoms. The first-order valence-corrected chi connectivity index (χ1v) is 9.13. The number of nitrogens with zero attached hydrogens (tertiary/aromatic N) is 1. The maximum Gasteiger partial charge on any atom is 0.188 e. The van der Waals surface area contributed by atoms with Crippen LogP contribution < -0.4 is 20.5 Å². The topological polar surface area (TPSA) is 68.9 Å². The largest absolute Gasteiger partial charge is 0.493 e. The van der Waals surface area contributed by atoms with Gasteiger partial charge in [0.2, 0.25) is 0 Å². The lowest BCUT2D eigenvalue weighted by Gasteiger charge is -2.24. The van der Waals surface area contributed by atoms with Crippen LogP contribution in [-0.2, 0) is 11.8 Å². The number of methoxy groups -OCH3 is 2. The van der Waals surface area contributed by atoms with Crippen molar-refractivity contribution in [1.29, 1.82) is 0 Å². The molecule has 1 heterocycles. The van der Waals surface area contributed by atoms with Crippen LogP contribution in [0.3, 0.4) is 0 Å². The average Bonchev–Trinajstić information content (AvgIpc) is 3.12. The van der Waals surface area contributed by atoms with Crippen molar-refractivity contribution in [3.8, 4) is 11.5 Å². The second-order valence-corrected chi connectivity index (χ2v) is 7.44. The van der Waals surface area contributed by atoms with Crippen LogP contribution in [0, 0.1) is 0 Å². The highest BCUT2D eigenvalue weighted by molar-refractivity contribution is 7.09. The number of rotatable bonds is 8. The van der Waals surface area contributed by atoms with Gasteiger partial charge in [0.1, 0.15) is 0 Å². The van der Waals surface area contributed by atoms with E-state index in [0.29, 0.717) is 12.5 Å². The minimum absolute atomic E-state index is 0.167. The Bertz CT molecular complexity index is 697. The smallest absolute Gasteiger partial charge is 0.188 e. The summed E-state index contributed by atoms with van der Waals surface area (Å²) in [5, 5.41) is 5.26. The van der Waals surface area contributed by atoms with Crippen molar-refractivity contribution in [2.24, 2.45) is 10.7 Å². The minimum Gasteiger partial charge on any atom is -0.493 e.